The fraction of sp³-hybridized carbons (Fsp3) is 0.333. The smallest absolute Gasteiger partial charge is 0.251 e. The van der Waals surface area contributed by atoms with Crippen LogP contribution in [0.1, 0.15) is 34.7 Å². The summed E-state index contributed by atoms with van der Waals surface area (Å²) in [5.74, 6) is 0.828. The van der Waals surface area contributed by atoms with E-state index in [0.29, 0.717) is 36.2 Å². The maximum atomic E-state index is 12.9. The number of hydrogen-bond donors (Lipinski definition) is 1. The van der Waals surface area contributed by atoms with Crippen LogP contribution in [0.4, 0.5) is 5.69 Å². The molecule has 188 valence electrons. The van der Waals surface area contributed by atoms with E-state index in [1.165, 1.54) is 17.4 Å². The molecule has 36 heavy (non-hydrogen) atoms. The molecule has 2 heterocycles. The van der Waals surface area contributed by atoms with Crippen LogP contribution in [0.5, 0.6) is 0 Å². The normalized spacial score (nSPS) is 14.4. The average Bonchev–Trinajstić information content (AvgIpc) is 3.30. The van der Waals surface area contributed by atoms with Gasteiger partial charge in [-0.2, -0.15) is 0 Å². The summed E-state index contributed by atoms with van der Waals surface area (Å²) in [6.45, 7) is 11.2. The number of para-hydroxylation sites is 1. The van der Waals surface area contributed by atoms with Crippen molar-refractivity contribution in [3.63, 3.8) is 0 Å². The Hall–Kier alpha value is -3.59. The van der Waals surface area contributed by atoms with Crippen molar-refractivity contribution >= 4 is 29.3 Å². The molecule has 3 aromatic rings. The van der Waals surface area contributed by atoms with Gasteiger partial charge in [-0.3, -0.25) is 9.59 Å². The van der Waals surface area contributed by atoms with E-state index < -0.39 is 0 Å². The van der Waals surface area contributed by atoms with Gasteiger partial charge in [0.05, 0.1) is 11.8 Å². The van der Waals surface area contributed by atoms with Gasteiger partial charge in [-0.1, -0.05) is 53.7 Å². The molecule has 2 amide bonds. The lowest BCUT2D eigenvalue weighted by molar-refractivity contribution is -0.128. The Kier molecular flexibility index (Phi) is 8.43. The molecule has 1 N–H and O–H groups in total. The number of piperazine rings is 1. The number of benzene rings is 2. The second-order valence-corrected chi connectivity index (χ2v) is 9.74. The fourth-order valence-corrected chi connectivity index (χ4v) is 5.09. The number of thioether (sulfide) groups is 1. The van der Waals surface area contributed by atoms with Gasteiger partial charge in [-0.05, 0) is 38.1 Å². The highest BCUT2D eigenvalue weighted by Crippen LogP contribution is 2.22. The quantitative estimate of drug-likeness (QED) is 0.353. The number of carbonyl (C=O) groups is 2. The fourth-order valence-electron chi connectivity index (χ4n) is 4.23. The minimum absolute atomic E-state index is 0.0863. The largest absolute Gasteiger partial charge is 0.368 e. The van der Waals surface area contributed by atoms with E-state index in [-0.39, 0.29) is 23.6 Å². The van der Waals surface area contributed by atoms with Crippen LogP contribution in [0.15, 0.2) is 72.4 Å². The molecule has 0 spiro atoms. The molecule has 2 aromatic carbocycles. The number of amides is 2. The first-order chi connectivity index (χ1) is 17.5. The minimum Gasteiger partial charge on any atom is -0.368 e. The van der Waals surface area contributed by atoms with Crippen LogP contribution in [0.25, 0.3) is 0 Å². The number of anilines is 1. The molecule has 0 saturated carbocycles. The Morgan fingerprint density at radius 3 is 2.53 bits per heavy atom. The summed E-state index contributed by atoms with van der Waals surface area (Å²) in [7, 11) is 0. The van der Waals surface area contributed by atoms with E-state index in [4.69, 9.17) is 0 Å². The Labute approximate surface area is 216 Å². The number of aromatic nitrogens is 3. The van der Waals surface area contributed by atoms with Crippen molar-refractivity contribution in [3.05, 3.63) is 84.2 Å². The summed E-state index contributed by atoms with van der Waals surface area (Å²) in [5, 5.41) is 12.3. The summed E-state index contributed by atoms with van der Waals surface area (Å²) in [5.41, 5.74) is 2.81. The van der Waals surface area contributed by atoms with E-state index >= 15 is 0 Å². The lowest BCUT2D eigenvalue weighted by Gasteiger charge is -2.36. The first kappa shape index (κ1) is 25.5. The van der Waals surface area contributed by atoms with E-state index in [1.807, 2.05) is 59.7 Å². The van der Waals surface area contributed by atoms with E-state index in [9.17, 15) is 9.59 Å². The molecule has 0 unspecified atom stereocenters. The van der Waals surface area contributed by atoms with Crippen LogP contribution in [0.2, 0.25) is 0 Å². The molecule has 1 atom stereocenters. The second-order valence-electron chi connectivity index (χ2n) is 8.80. The Morgan fingerprint density at radius 1 is 1.08 bits per heavy atom. The van der Waals surface area contributed by atoms with Crippen molar-refractivity contribution in [1.82, 2.24) is 25.0 Å². The van der Waals surface area contributed by atoms with Gasteiger partial charge in [0, 0.05) is 44.0 Å². The third-order valence-electron chi connectivity index (χ3n) is 6.15. The Balaban J connectivity index is 1.35. The van der Waals surface area contributed by atoms with Crippen LogP contribution in [-0.4, -0.2) is 63.4 Å². The first-order valence-electron chi connectivity index (χ1n) is 12.1. The number of hydrogen-bond acceptors (Lipinski definition) is 6. The van der Waals surface area contributed by atoms with Gasteiger partial charge in [0.25, 0.3) is 5.91 Å². The maximum absolute atomic E-state index is 12.9. The Bertz CT molecular complexity index is 1200. The molecule has 4 rings (SSSR count). The molecular weight excluding hydrogens is 472 g/mol. The predicted octanol–water partition coefficient (Wildman–Crippen LogP) is 3.70. The average molecular weight is 505 g/mol. The van der Waals surface area contributed by atoms with Crippen LogP contribution < -0.4 is 10.2 Å². The zero-order chi connectivity index (χ0) is 25.5. The highest BCUT2D eigenvalue weighted by Gasteiger charge is 2.24. The number of rotatable bonds is 9. The summed E-state index contributed by atoms with van der Waals surface area (Å²) < 4.78 is 1.90. The second kappa shape index (κ2) is 11.9. The van der Waals surface area contributed by atoms with Crippen molar-refractivity contribution in [2.24, 2.45) is 0 Å². The summed E-state index contributed by atoms with van der Waals surface area (Å²) in [4.78, 5) is 29.8. The van der Waals surface area contributed by atoms with Gasteiger partial charge in [0.15, 0.2) is 11.0 Å². The van der Waals surface area contributed by atoms with Crippen molar-refractivity contribution in [1.29, 1.82) is 0 Å². The molecule has 8 nitrogen and oxygen atoms in total. The molecule has 0 radical (unpaired) electrons. The zero-order valence-corrected chi connectivity index (χ0v) is 21.6. The number of allylic oxidation sites excluding steroid dienone is 1. The Morgan fingerprint density at radius 2 is 1.83 bits per heavy atom. The van der Waals surface area contributed by atoms with Crippen LogP contribution in [0.3, 0.4) is 0 Å². The predicted molar refractivity (Wildman–Crippen MR) is 143 cm³/mol. The molecular formula is C27H32N6O2S. The molecule has 1 aliphatic heterocycles. The topological polar surface area (TPSA) is 83.4 Å². The highest BCUT2D eigenvalue weighted by molar-refractivity contribution is 7.99. The van der Waals surface area contributed by atoms with Gasteiger partial charge in [-0.15, -0.1) is 16.8 Å². The maximum Gasteiger partial charge on any atom is 0.251 e. The first-order valence-corrected chi connectivity index (χ1v) is 13.1. The van der Waals surface area contributed by atoms with E-state index in [2.05, 4.69) is 39.1 Å². The molecule has 1 aromatic heterocycles. The third-order valence-corrected chi connectivity index (χ3v) is 7.10. The van der Waals surface area contributed by atoms with E-state index in [1.54, 1.807) is 12.1 Å². The molecule has 1 saturated heterocycles. The van der Waals surface area contributed by atoms with Crippen LogP contribution in [-0.2, 0) is 11.3 Å². The minimum atomic E-state index is -0.360. The summed E-state index contributed by atoms with van der Waals surface area (Å²) in [6, 6.07) is 17.4. The van der Waals surface area contributed by atoms with Gasteiger partial charge in [-0.25, -0.2) is 0 Å². The summed E-state index contributed by atoms with van der Waals surface area (Å²) >= 11 is 1.37. The number of carbonyl (C=O) groups excluding carboxylic acids is 2. The number of nitrogens with one attached hydrogen (secondary N) is 1. The molecule has 1 aliphatic rings. The molecule has 0 aliphatic carbocycles. The SMILES string of the molecule is C=CCn1c(SCC(=O)N2CCN(c3ccccc3)CC2)nnc1[C@@H](C)NC(=O)c1cccc(C)c1. The van der Waals surface area contributed by atoms with Crippen LogP contribution >= 0.6 is 11.8 Å². The lowest BCUT2D eigenvalue weighted by Crippen LogP contribution is -2.49. The van der Waals surface area contributed by atoms with Crippen LogP contribution in [0, 0.1) is 6.92 Å². The third kappa shape index (κ3) is 6.15. The van der Waals surface area contributed by atoms with Crippen molar-refractivity contribution in [2.45, 2.75) is 31.6 Å². The highest BCUT2D eigenvalue weighted by atomic mass is 32.2. The van der Waals surface area contributed by atoms with Crippen molar-refractivity contribution < 1.29 is 9.59 Å². The van der Waals surface area contributed by atoms with Gasteiger partial charge in [0.2, 0.25) is 5.91 Å². The summed E-state index contributed by atoms with van der Waals surface area (Å²) in [6.07, 6.45) is 1.76. The van der Waals surface area contributed by atoms with Gasteiger partial charge in [0.1, 0.15) is 0 Å². The van der Waals surface area contributed by atoms with Gasteiger partial charge >= 0.3 is 0 Å². The van der Waals surface area contributed by atoms with Gasteiger partial charge < -0.3 is 19.7 Å². The monoisotopic (exact) mass is 504 g/mol. The van der Waals surface area contributed by atoms with Crippen molar-refractivity contribution in [2.75, 3.05) is 36.8 Å². The number of aryl methyl sites for hydroxylation is 1. The molecule has 1 fully saturated rings. The number of nitrogens with zero attached hydrogens (tertiary/aromatic N) is 5. The molecule has 9 heteroatoms. The zero-order valence-electron chi connectivity index (χ0n) is 20.8. The van der Waals surface area contributed by atoms with Crippen molar-refractivity contribution in [3.8, 4) is 0 Å². The molecule has 0 bridgehead atoms. The van der Waals surface area contributed by atoms with E-state index in [0.717, 1.165) is 18.7 Å². The lowest BCUT2D eigenvalue weighted by atomic mass is 10.1. The standard InChI is InChI=1S/C27H32N6O2S/c1-4-13-33-25(21(3)28-26(35)22-10-8-9-20(2)18-22)29-30-27(33)36-19-24(34)32-16-14-31(15-17-32)23-11-6-5-7-12-23/h4-12,18,21H,1,13-17,19H2,2-3H3,(H,28,35)/t21-/m1/s1.